The molecule has 0 heterocycles. The van der Waals surface area contributed by atoms with Crippen LogP contribution in [0, 0.1) is 21.7 Å². The first-order valence-electron chi connectivity index (χ1n) is 6.48. The Bertz CT molecular complexity index is 472. The van der Waals surface area contributed by atoms with Crippen LogP contribution in [0.2, 0.25) is 0 Å². The lowest BCUT2D eigenvalue weighted by molar-refractivity contribution is -0.386. The zero-order chi connectivity index (χ0) is 13.8. The fraction of sp³-hybridized carbons (Fsp3) is 0.538. The fourth-order valence-electron chi connectivity index (χ4n) is 2.51. The zero-order valence-electron chi connectivity index (χ0n) is 10.5. The van der Waals surface area contributed by atoms with Crippen molar-refractivity contribution in [1.82, 2.24) is 0 Å². The van der Waals surface area contributed by atoms with Gasteiger partial charge in [-0.3, -0.25) is 10.1 Å². The van der Waals surface area contributed by atoms with Crippen molar-refractivity contribution in [1.29, 1.82) is 0 Å². The Morgan fingerprint density at radius 1 is 1.16 bits per heavy atom. The summed E-state index contributed by atoms with van der Waals surface area (Å²) in [7, 11) is 0. The summed E-state index contributed by atoms with van der Waals surface area (Å²) in [6, 6.07) is 1.57. The molecule has 1 N–H and O–H groups in total. The zero-order valence-corrected chi connectivity index (χ0v) is 10.5. The number of hydrogen-bond donors (Lipinski definition) is 1. The van der Waals surface area contributed by atoms with E-state index in [9.17, 15) is 18.9 Å². The topological polar surface area (TPSA) is 55.2 Å². The third kappa shape index (κ3) is 3.39. The van der Waals surface area contributed by atoms with E-state index in [1.807, 2.05) is 0 Å². The third-order valence-electron chi connectivity index (χ3n) is 3.43. The molecule has 1 aliphatic carbocycles. The van der Waals surface area contributed by atoms with E-state index in [1.54, 1.807) is 0 Å². The first kappa shape index (κ1) is 13.7. The molecular formula is C13H16F2N2O2. The summed E-state index contributed by atoms with van der Waals surface area (Å²) in [5, 5.41) is 13.8. The number of nitro benzene ring substituents is 1. The first-order chi connectivity index (χ1) is 9.08. The van der Waals surface area contributed by atoms with Gasteiger partial charge in [0.15, 0.2) is 0 Å². The maximum absolute atomic E-state index is 13.5. The minimum atomic E-state index is -1.14. The fourth-order valence-corrected chi connectivity index (χ4v) is 2.51. The summed E-state index contributed by atoms with van der Waals surface area (Å²) in [5.41, 5.74) is -0.736. The molecule has 4 nitrogen and oxygen atoms in total. The number of nitro groups is 1. The molecule has 6 heteroatoms. The Balaban J connectivity index is 2.24. The molecule has 1 fully saturated rings. The van der Waals surface area contributed by atoms with Crippen molar-refractivity contribution in [3.8, 4) is 0 Å². The molecule has 0 saturated heterocycles. The highest BCUT2D eigenvalue weighted by Gasteiger charge is 2.24. The van der Waals surface area contributed by atoms with E-state index in [2.05, 4.69) is 5.32 Å². The lowest BCUT2D eigenvalue weighted by Crippen LogP contribution is -2.19. The number of anilines is 1. The Morgan fingerprint density at radius 3 is 2.37 bits per heavy atom. The van der Waals surface area contributed by atoms with Crippen molar-refractivity contribution in [2.45, 2.75) is 44.6 Å². The highest BCUT2D eigenvalue weighted by atomic mass is 19.1. The molecule has 2 rings (SSSR count). The summed E-state index contributed by atoms with van der Waals surface area (Å²) >= 11 is 0. The summed E-state index contributed by atoms with van der Waals surface area (Å²) in [5.74, 6) is -1.94. The van der Waals surface area contributed by atoms with E-state index in [0.29, 0.717) is 6.07 Å². The first-order valence-corrected chi connectivity index (χ1v) is 6.48. The lowest BCUT2D eigenvalue weighted by atomic mass is 10.1. The average Bonchev–Trinajstić information content (AvgIpc) is 2.56. The van der Waals surface area contributed by atoms with Gasteiger partial charge in [-0.2, -0.15) is 4.39 Å². The number of halogens is 2. The van der Waals surface area contributed by atoms with Crippen molar-refractivity contribution in [3.63, 3.8) is 0 Å². The van der Waals surface area contributed by atoms with Crippen LogP contribution >= 0.6 is 0 Å². The van der Waals surface area contributed by atoms with E-state index < -0.39 is 22.2 Å². The quantitative estimate of drug-likeness (QED) is 0.513. The molecule has 1 saturated carbocycles. The molecule has 0 amide bonds. The highest BCUT2D eigenvalue weighted by Crippen LogP contribution is 2.31. The standard InChI is InChI=1S/C13H16F2N2O2/c14-9-7-11(15)13(17(18)19)12(8-9)16-10-5-3-1-2-4-6-10/h7-8,10,16H,1-6H2. The number of benzene rings is 1. The molecule has 0 radical (unpaired) electrons. The van der Waals surface area contributed by atoms with Gasteiger partial charge in [0.05, 0.1) is 4.92 Å². The van der Waals surface area contributed by atoms with E-state index in [0.717, 1.165) is 44.6 Å². The van der Waals surface area contributed by atoms with Gasteiger partial charge in [0.25, 0.3) is 0 Å². The summed E-state index contributed by atoms with van der Waals surface area (Å²) in [6.45, 7) is 0. The van der Waals surface area contributed by atoms with E-state index in [-0.39, 0.29) is 11.7 Å². The molecule has 19 heavy (non-hydrogen) atoms. The second-order valence-electron chi connectivity index (χ2n) is 4.87. The summed E-state index contributed by atoms with van der Waals surface area (Å²) < 4.78 is 26.7. The average molecular weight is 270 g/mol. The Hall–Kier alpha value is -1.72. The van der Waals surface area contributed by atoms with Gasteiger partial charge in [-0.05, 0) is 12.8 Å². The van der Waals surface area contributed by atoms with Gasteiger partial charge in [-0.15, -0.1) is 0 Å². The van der Waals surface area contributed by atoms with Gasteiger partial charge in [0, 0.05) is 18.2 Å². The molecule has 0 aromatic heterocycles. The van der Waals surface area contributed by atoms with Crippen LogP contribution in [0.4, 0.5) is 20.2 Å². The van der Waals surface area contributed by atoms with Crippen LogP contribution < -0.4 is 5.32 Å². The van der Waals surface area contributed by atoms with Crippen LogP contribution in [0.1, 0.15) is 38.5 Å². The van der Waals surface area contributed by atoms with Crippen LogP contribution in [0.3, 0.4) is 0 Å². The molecule has 1 aromatic carbocycles. The van der Waals surface area contributed by atoms with Gasteiger partial charge < -0.3 is 5.32 Å². The van der Waals surface area contributed by atoms with Crippen molar-refractivity contribution in [2.75, 3.05) is 5.32 Å². The molecular weight excluding hydrogens is 254 g/mol. The lowest BCUT2D eigenvalue weighted by Gasteiger charge is -2.17. The van der Waals surface area contributed by atoms with Gasteiger partial charge in [-0.1, -0.05) is 25.7 Å². The van der Waals surface area contributed by atoms with Gasteiger partial charge in [0.1, 0.15) is 11.5 Å². The molecule has 104 valence electrons. The number of rotatable bonds is 3. The molecule has 0 bridgehead atoms. The van der Waals surface area contributed by atoms with Crippen molar-refractivity contribution in [3.05, 3.63) is 33.9 Å². The predicted molar refractivity (Wildman–Crippen MR) is 68.1 cm³/mol. The monoisotopic (exact) mass is 270 g/mol. The van der Waals surface area contributed by atoms with E-state index in [1.165, 1.54) is 0 Å². The second kappa shape index (κ2) is 5.95. The molecule has 0 unspecified atom stereocenters. The minimum Gasteiger partial charge on any atom is -0.377 e. The number of nitrogens with zero attached hydrogens (tertiary/aromatic N) is 1. The number of nitrogens with one attached hydrogen (secondary N) is 1. The maximum atomic E-state index is 13.5. The van der Waals surface area contributed by atoms with Crippen LogP contribution in [-0.4, -0.2) is 11.0 Å². The minimum absolute atomic E-state index is 0.0439. The SMILES string of the molecule is O=[N+]([O-])c1c(F)cc(F)cc1NC1CCCCCC1. The van der Waals surface area contributed by atoms with Crippen molar-refractivity contribution >= 4 is 11.4 Å². The smallest absolute Gasteiger partial charge is 0.327 e. The summed E-state index contributed by atoms with van der Waals surface area (Å²) in [4.78, 5) is 10.1. The molecule has 0 spiro atoms. The third-order valence-corrected chi connectivity index (χ3v) is 3.43. The van der Waals surface area contributed by atoms with E-state index in [4.69, 9.17) is 0 Å². The van der Waals surface area contributed by atoms with Crippen molar-refractivity contribution < 1.29 is 13.7 Å². The predicted octanol–water partition coefficient (Wildman–Crippen LogP) is 4.01. The normalized spacial score (nSPS) is 16.9. The van der Waals surface area contributed by atoms with Crippen LogP contribution in [0.5, 0.6) is 0 Å². The Labute approximate surface area is 110 Å². The molecule has 0 atom stereocenters. The Kier molecular flexibility index (Phi) is 4.29. The molecule has 1 aromatic rings. The maximum Gasteiger partial charge on any atom is 0.327 e. The van der Waals surface area contributed by atoms with Gasteiger partial charge in [-0.25, -0.2) is 4.39 Å². The second-order valence-corrected chi connectivity index (χ2v) is 4.87. The molecule has 1 aliphatic rings. The van der Waals surface area contributed by atoms with Gasteiger partial charge in [0.2, 0.25) is 5.82 Å². The van der Waals surface area contributed by atoms with E-state index >= 15 is 0 Å². The van der Waals surface area contributed by atoms with Crippen molar-refractivity contribution in [2.24, 2.45) is 0 Å². The van der Waals surface area contributed by atoms with Crippen LogP contribution in [0.15, 0.2) is 12.1 Å². The molecule has 0 aliphatic heterocycles. The van der Waals surface area contributed by atoms with Crippen LogP contribution in [0.25, 0.3) is 0 Å². The Morgan fingerprint density at radius 2 is 1.79 bits per heavy atom. The summed E-state index contributed by atoms with van der Waals surface area (Å²) in [6.07, 6.45) is 6.08. The highest BCUT2D eigenvalue weighted by molar-refractivity contribution is 5.62. The number of hydrogen-bond acceptors (Lipinski definition) is 3. The largest absolute Gasteiger partial charge is 0.377 e. The van der Waals surface area contributed by atoms with Gasteiger partial charge >= 0.3 is 5.69 Å². The van der Waals surface area contributed by atoms with Crippen LogP contribution in [-0.2, 0) is 0 Å².